The van der Waals surface area contributed by atoms with E-state index in [1.807, 2.05) is 0 Å². The molecule has 1 aromatic carbocycles. The Morgan fingerprint density at radius 3 is 2.41 bits per heavy atom. The first-order chi connectivity index (χ1) is 13.0. The standard InChI is InChI=1S/C24H31NO2/c1-16-11-17(2)13-19(12-16)23(7-9-27-10-8-23)15-25-22(26)20-14-18-3-4-21(20)24(18)5-6-24/h3-4,11-13,18,20-21H,5-10,14-15H2,1-2H3,(H,25,26)/t18-,20-,21-/m1/s1. The molecule has 1 amide bonds. The summed E-state index contributed by atoms with van der Waals surface area (Å²) in [5.41, 5.74) is 4.46. The largest absolute Gasteiger partial charge is 0.381 e. The molecule has 3 fully saturated rings. The highest BCUT2D eigenvalue weighted by molar-refractivity contribution is 5.80. The van der Waals surface area contributed by atoms with Gasteiger partial charge in [-0.3, -0.25) is 4.79 Å². The topological polar surface area (TPSA) is 38.3 Å². The van der Waals surface area contributed by atoms with Crippen LogP contribution in [0.5, 0.6) is 0 Å². The van der Waals surface area contributed by atoms with Crippen molar-refractivity contribution in [2.45, 2.75) is 51.4 Å². The lowest BCUT2D eigenvalue weighted by Crippen LogP contribution is -2.46. The molecule has 0 aromatic heterocycles. The third-order valence-corrected chi connectivity index (χ3v) is 7.94. The van der Waals surface area contributed by atoms with Crippen LogP contribution >= 0.6 is 0 Å². The number of amides is 1. The maximum atomic E-state index is 13.1. The molecule has 3 aliphatic carbocycles. The summed E-state index contributed by atoms with van der Waals surface area (Å²) in [6.45, 7) is 6.63. The Morgan fingerprint density at radius 1 is 1.07 bits per heavy atom. The van der Waals surface area contributed by atoms with E-state index in [-0.39, 0.29) is 17.2 Å². The van der Waals surface area contributed by atoms with Crippen LogP contribution in [0.3, 0.4) is 0 Å². The van der Waals surface area contributed by atoms with Gasteiger partial charge < -0.3 is 10.1 Å². The lowest BCUT2D eigenvalue weighted by atomic mass is 9.73. The molecule has 5 rings (SSSR count). The van der Waals surface area contributed by atoms with Crippen molar-refractivity contribution in [2.24, 2.45) is 23.2 Å². The maximum absolute atomic E-state index is 13.1. The molecule has 1 aromatic rings. The molecule has 3 atom stereocenters. The fourth-order valence-corrected chi connectivity index (χ4v) is 6.27. The monoisotopic (exact) mass is 365 g/mol. The average Bonchev–Trinajstić information content (AvgIpc) is 3.33. The van der Waals surface area contributed by atoms with E-state index < -0.39 is 0 Å². The molecular weight excluding hydrogens is 334 g/mol. The summed E-state index contributed by atoms with van der Waals surface area (Å²) in [7, 11) is 0. The number of hydrogen-bond acceptors (Lipinski definition) is 2. The quantitative estimate of drug-likeness (QED) is 0.817. The van der Waals surface area contributed by atoms with E-state index in [4.69, 9.17) is 4.74 Å². The molecule has 1 aliphatic heterocycles. The highest BCUT2D eigenvalue weighted by atomic mass is 16.5. The van der Waals surface area contributed by atoms with Crippen molar-refractivity contribution in [1.29, 1.82) is 0 Å². The SMILES string of the molecule is Cc1cc(C)cc(C2(CNC(=O)[C@@H]3C[C@H]4C=C[C@H]3C43CC3)CCOCC2)c1. The lowest BCUT2D eigenvalue weighted by molar-refractivity contribution is -0.126. The Hall–Kier alpha value is -1.61. The number of benzene rings is 1. The fourth-order valence-electron chi connectivity index (χ4n) is 6.27. The lowest BCUT2D eigenvalue weighted by Gasteiger charge is -2.38. The van der Waals surface area contributed by atoms with Gasteiger partial charge in [-0.2, -0.15) is 0 Å². The fraction of sp³-hybridized carbons (Fsp3) is 0.625. The molecule has 1 N–H and O–H groups in total. The van der Waals surface area contributed by atoms with Crippen LogP contribution in [0, 0.1) is 37.0 Å². The smallest absolute Gasteiger partial charge is 0.223 e. The predicted octanol–water partition coefficient (Wildman–Crippen LogP) is 4.07. The van der Waals surface area contributed by atoms with Crippen LogP contribution in [0.1, 0.15) is 48.8 Å². The molecule has 0 radical (unpaired) electrons. The van der Waals surface area contributed by atoms with E-state index in [1.165, 1.54) is 29.5 Å². The van der Waals surface area contributed by atoms with Gasteiger partial charge in [0.05, 0.1) is 0 Å². The second-order valence-corrected chi connectivity index (χ2v) is 9.58. The third-order valence-electron chi connectivity index (χ3n) is 7.94. The Balaban J connectivity index is 1.34. The van der Waals surface area contributed by atoms with E-state index >= 15 is 0 Å². The minimum Gasteiger partial charge on any atom is -0.381 e. The minimum atomic E-state index is 0.00934. The molecular formula is C24H31NO2. The number of allylic oxidation sites excluding steroid dienone is 2. The van der Waals surface area contributed by atoms with Gasteiger partial charge in [0, 0.05) is 31.1 Å². The number of rotatable bonds is 4. The van der Waals surface area contributed by atoms with E-state index in [0.29, 0.717) is 17.3 Å². The van der Waals surface area contributed by atoms with Crippen LogP contribution in [0.4, 0.5) is 0 Å². The van der Waals surface area contributed by atoms with Crippen LogP contribution in [0.15, 0.2) is 30.4 Å². The summed E-state index contributed by atoms with van der Waals surface area (Å²) in [5, 5.41) is 3.39. The van der Waals surface area contributed by atoms with Crippen LogP contribution in [0.2, 0.25) is 0 Å². The van der Waals surface area contributed by atoms with Crippen molar-refractivity contribution < 1.29 is 9.53 Å². The number of carbonyl (C=O) groups is 1. The predicted molar refractivity (Wildman–Crippen MR) is 107 cm³/mol. The summed E-state index contributed by atoms with van der Waals surface area (Å²) < 4.78 is 5.67. The zero-order chi connectivity index (χ0) is 18.6. The summed E-state index contributed by atoms with van der Waals surface area (Å²) in [5.74, 6) is 1.64. The first-order valence-corrected chi connectivity index (χ1v) is 10.7. The molecule has 3 nitrogen and oxygen atoms in total. The Labute approximate surface area is 162 Å². The molecule has 1 heterocycles. The summed E-state index contributed by atoms with van der Waals surface area (Å²) in [4.78, 5) is 13.1. The van der Waals surface area contributed by atoms with Crippen molar-refractivity contribution in [2.75, 3.05) is 19.8 Å². The normalized spacial score (nSPS) is 32.0. The van der Waals surface area contributed by atoms with Crippen molar-refractivity contribution in [3.63, 3.8) is 0 Å². The van der Waals surface area contributed by atoms with Gasteiger partial charge in [-0.1, -0.05) is 41.5 Å². The Kier molecular flexibility index (Phi) is 4.02. The van der Waals surface area contributed by atoms with Crippen LogP contribution in [-0.4, -0.2) is 25.7 Å². The van der Waals surface area contributed by atoms with Gasteiger partial charge >= 0.3 is 0 Å². The number of nitrogens with one attached hydrogen (secondary N) is 1. The van der Waals surface area contributed by atoms with Crippen LogP contribution in [0.25, 0.3) is 0 Å². The van der Waals surface area contributed by atoms with Gasteiger partial charge in [0.1, 0.15) is 0 Å². The highest BCUT2D eigenvalue weighted by Gasteiger charge is 2.64. The van der Waals surface area contributed by atoms with Gasteiger partial charge in [-0.15, -0.1) is 0 Å². The van der Waals surface area contributed by atoms with Gasteiger partial charge in [-0.25, -0.2) is 0 Å². The number of hydrogen-bond donors (Lipinski definition) is 1. The zero-order valence-electron chi connectivity index (χ0n) is 16.6. The van der Waals surface area contributed by atoms with Gasteiger partial charge in [-0.05, 0) is 68.8 Å². The van der Waals surface area contributed by atoms with Crippen molar-refractivity contribution in [1.82, 2.24) is 5.32 Å². The summed E-state index contributed by atoms with van der Waals surface area (Å²) in [6, 6.07) is 6.85. The van der Waals surface area contributed by atoms with Crippen molar-refractivity contribution >= 4 is 5.91 Å². The number of carbonyl (C=O) groups excluding carboxylic acids is 1. The third kappa shape index (κ3) is 2.77. The molecule has 1 spiro atoms. The summed E-state index contributed by atoms with van der Waals surface area (Å²) >= 11 is 0. The maximum Gasteiger partial charge on any atom is 0.223 e. The number of aryl methyl sites for hydroxylation is 2. The zero-order valence-corrected chi connectivity index (χ0v) is 16.6. The molecule has 1 saturated heterocycles. The molecule has 0 unspecified atom stereocenters. The first-order valence-electron chi connectivity index (χ1n) is 10.7. The van der Waals surface area contributed by atoms with Gasteiger partial charge in [0.25, 0.3) is 0 Å². The van der Waals surface area contributed by atoms with Crippen LogP contribution in [-0.2, 0) is 14.9 Å². The van der Waals surface area contributed by atoms with E-state index in [9.17, 15) is 4.79 Å². The van der Waals surface area contributed by atoms with E-state index in [1.54, 1.807) is 0 Å². The van der Waals surface area contributed by atoms with Gasteiger partial charge in [0.15, 0.2) is 0 Å². The highest BCUT2D eigenvalue weighted by Crippen LogP contribution is 2.70. The van der Waals surface area contributed by atoms with E-state index in [2.05, 4.69) is 49.5 Å². The summed E-state index contributed by atoms with van der Waals surface area (Å²) in [6.07, 6.45) is 10.4. The second kappa shape index (κ2) is 6.20. The van der Waals surface area contributed by atoms with Gasteiger partial charge in [0.2, 0.25) is 5.91 Å². The molecule has 3 heteroatoms. The Morgan fingerprint density at radius 2 is 1.78 bits per heavy atom. The molecule has 2 bridgehead atoms. The van der Waals surface area contributed by atoms with Crippen molar-refractivity contribution in [3.8, 4) is 0 Å². The molecule has 144 valence electrons. The minimum absolute atomic E-state index is 0.00934. The molecule has 4 aliphatic rings. The van der Waals surface area contributed by atoms with Crippen molar-refractivity contribution in [3.05, 3.63) is 47.0 Å². The molecule has 2 saturated carbocycles. The average molecular weight is 366 g/mol. The molecule has 27 heavy (non-hydrogen) atoms. The first kappa shape index (κ1) is 17.5. The van der Waals surface area contributed by atoms with E-state index in [0.717, 1.165) is 39.0 Å². The second-order valence-electron chi connectivity index (χ2n) is 9.58. The Bertz CT molecular complexity index is 765. The number of ether oxygens (including phenoxy) is 1. The van der Waals surface area contributed by atoms with Crippen LogP contribution < -0.4 is 5.32 Å².